The maximum atomic E-state index is 13.1. The van der Waals surface area contributed by atoms with Gasteiger partial charge in [0.1, 0.15) is 10.8 Å². The molecule has 0 atom stereocenters. The molecule has 0 bridgehead atoms. The van der Waals surface area contributed by atoms with Gasteiger partial charge < -0.3 is 10.1 Å². The zero-order valence-corrected chi connectivity index (χ0v) is 15.6. The van der Waals surface area contributed by atoms with Crippen LogP contribution in [0.25, 0.3) is 10.6 Å². The molecule has 138 valence electrons. The van der Waals surface area contributed by atoms with Gasteiger partial charge in [-0.3, -0.25) is 4.79 Å². The average molecular weight is 384 g/mol. The van der Waals surface area contributed by atoms with Gasteiger partial charge in [0.2, 0.25) is 5.91 Å². The lowest BCUT2D eigenvalue weighted by molar-refractivity contribution is -0.115. The van der Waals surface area contributed by atoms with Gasteiger partial charge in [0.25, 0.3) is 0 Å². The van der Waals surface area contributed by atoms with Gasteiger partial charge in [-0.15, -0.1) is 11.3 Å². The van der Waals surface area contributed by atoms with Crippen LogP contribution in [-0.2, 0) is 16.0 Å². The van der Waals surface area contributed by atoms with Crippen molar-refractivity contribution in [1.82, 2.24) is 4.98 Å². The molecule has 0 spiro atoms. The third kappa shape index (κ3) is 4.57. The maximum Gasteiger partial charge on any atom is 0.337 e. The molecule has 3 rings (SSSR count). The molecule has 5 nitrogen and oxygen atoms in total. The summed E-state index contributed by atoms with van der Waals surface area (Å²) >= 11 is 1.40. The third-order valence-corrected chi connectivity index (χ3v) is 5.08. The molecule has 1 N–H and O–H groups in total. The van der Waals surface area contributed by atoms with Crippen molar-refractivity contribution in [2.75, 3.05) is 12.4 Å². The largest absolute Gasteiger partial charge is 0.465 e. The van der Waals surface area contributed by atoms with E-state index in [1.807, 2.05) is 6.92 Å². The highest BCUT2D eigenvalue weighted by atomic mass is 32.1. The third-order valence-electron chi connectivity index (χ3n) is 3.87. The fourth-order valence-electron chi connectivity index (χ4n) is 2.50. The summed E-state index contributed by atoms with van der Waals surface area (Å²) in [7, 11) is 1.30. The van der Waals surface area contributed by atoms with Crippen molar-refractivity contribution < 1.29 is 18.7 Å². The van der Waals surface area contributed by atoms with Gasteiger partial charge in [-0.2, -0.15) is 0 Å². The summed E-state index contributed by atoms with van der Waals surface area (Å²) in [5, 5.41) is 3.51. The Hall–Kier alpha value is -3.06. The summed E-state index contributed by atoms with van der Waals surface area (Å²) in [5.41, 5.74) is 2.45. The number of benzene rings is 2. The molecule has 7 heteroatoms. The second-order valence-electron chi connectivity index (χ2n) is 5.83. The number of carbonyl (C=O) groups is 2. The smallest absolute Gasteiger partial charge is 0.337 e. The van der Waals surface area contributed by atoms with E-state index in [-0.39, 0.29) is 18.1 Å². The SMILES string of the molecule is COC(=O)c1cccc(NC(=O)Cc2sc(-c3ccc(F)cc3)nc2C)c1. The summed E-state index contributed by atoms with van der Waals surface area (Å²) in [6, 6.07) is 12.6. The number of aryl methyl sites for hydroxylation is 1. The summed E-state index contributed by atoms with van der Waals surface area (Å²) < 4.78 is 17.7. The molecule has 3 aromatic rings. The van der Waals surface area contributed by atoms with Crippen molar-refractivity contribution in [1.29, 1.82) is 0 Å². The molecule has 0 saturated carbocycles. The molecular weight excluding hydrogens is 367 g/mol. The van der Waals surface area contributed by atoms with Crippen LogP contribution in [0.3, 0.4) is 0 Å². The first kappa shape index (κ1) is 18.7. The Morgan fingerprint density at radius 2 is 1.93 bits per heavy atom. The zero-order chi connectivity index (χ0) is 19.4. The number of hydrogen-bond acceptors (Lipinski definition) is 5. The van der Waals surface area contributed by atoms with Crippen LogP contribution in [0.2, 0.25) is 0 Å². The Morgan fingerprint density at radius 3 is 2.63 bits per heavy atom. The Bertz CT molecular complexity index is 983. The number of anilines is 1. The summed E-state index contributed by atoms with van der Waals surface area (Å²) in [4.78, 5) is 29.3. The Morgan fingerprint density at radius 1 is 1.19 bits per heavy atom. The number of nitrogens with one attached hydrogen (secondary N) is 1. The number of methoxy groups -OCH3 is 1. The summed E-state index contributed by atoms with van der Waals surface area (Å²) in [5.74, 6) is -0.983. The first-order valence-corrected chi connectivity index (χ1v) is 8.98. The van der Waals surface area contributed by atoms with Crippen LogP contribution in [0, 0.1) is 12.7 Å². The second kappa shape index (κ2) is 8.09. The van der Waals surface area contributed by atoms with Crippen molar-refractivity contribution in [2.45, 2.75) is 13.3 Å². The molecule has 1 aromatic heterocycles. The molecule has 2 aromatic carbocycles. The fraction of sp³-hybridized carbons (Fsp3) is 0.150. The van der Waals surface area contributed by atoms with Gasteiger partial charge >= 0.3 is 5.97 Å². The molecule has 0 radical (unpaired) electrons. The fourth-order valence-corrected chi connectivity index (χ4v) is 3.57. The number of nitrogens with zero attached hydrogens (tertiary/aromatic N) is 1. The lowest BCUT2D eigenvalue weighted by Gasteiger charge is -2.06. The average Bonchev–Trinajstić information content (AvgIpc) is 3.02. The number of rotatable bonds is 5. The van der Waals surface area contributed by atoms with Crippen molar-refractivity contribution in [3.8, 4) is 10.6 Å². The number of carbonyl (C=O) groups excluding carboxylic acids is 2. The van der Waals surface area contributed by atoms with Crippen molar-refractivity contribution in [3.05, 3.63) is 70.5 Å². The van der Waals surface area contributed by atoms with E-state index in [1.54, 1.807) is 36.4 Å². The molecule has 0 fully saturated rings. The molecule has 0 aliphatic carbocycles. The number of halogens is 1. The van der Waals surface area contributed by atoms with Crippen LogP contribution in [0.15, 0.2) is 48.5 Å². The first-order valence-electron chi connectivity index (χ1n) is 8.16. The van der Waals surface area contributed by atoms with Crippen LogP contribution >= 0.6 is 11.3 Å². The van der Waals surface area contributed by atoms with Gasteiger partial charge in [0.15, 0.2) is 0 Å². The number of thiazole rings is 1. The minimum atomic E-state index is -0.465. The predicted molar refractivity (Wildman–Crippen MR) is 102 cm³/mol. The van der Waals surface area contributed by atoms with E-state index in [1.165, 1.54) is 30.6 Å². The molecule has 0 saturated heterocycles. The summed E-state index contributed by atoms with van der Waals surface area (Å²) in [6.45, 7) is 1.84. The number of hydrogen-bond donors (Lipinski definition) is 1. The van der Waals surface area contributed by atoms with Gasteiger partial charge in [0, 0.05) is 16.1 Å². The maximum absolute atomic E-state index is 13.1. The van der Waals surface area contributed by atoms with E-state index >= 15 is 0 Å². The Balaban J connectivity index is 1.71. The van der Waals surface area contributed by atoms with Crippen LogP contribution in [0.1, 0.15) is 20.9 Å². The highest BCUT2D eigenvalue weighted by Crippen LogP contribution is 2.28. The number of esters is 1. The van der Waals surface area contributed by atoms with Crippen molar-refractivity contribution in [2.24, 2.45) is 0 Å². The molecule has 0 unspecified atom stereocenters. The zero-order valence-electron chi connectivity index (χ0n) is 14.8. The predicted octanol–water partition coefficient (Wildman–Crippen LogP) is 4.23. The van der Waals surface area contributed by atoms with E-state index in [0.29, 0.717) is 11.3 Å². The molecule has 1 amide bonds. The Labute approximate surface area is 159 Å². The number of aromatic nitrogens is 1. The summed E-state index contributed by atoms with van der Waals surface area (Å²) in [6.07, 6.45) is 0.160. The lowest BCUT2D eigenvalue weighted by Crippen LogP contribution is -2.14. The van der Waals surface area contributed by atoms with Crippen LogP contribution in [0.4, 0.5) is 10.1 Å². The van der Waals surface area contributed by atoms with Crippen LogP contribution in [0.5, 0.6) is 0 Å². The normalized spacial score (nSPS) is 10.5. The quantitative estimate of drug-likeness (QED) is 0.669. The van der Waals surface area contributed by atoms with Crippen molar-refractivity contribution >= 4 is 28.9 Å². The van der Waals surface area contributed by atoms with Gasteiger partial charge in [-0.05, 0) is 49.4 Å². The topological polar surface area (TPSA) is 68.3 Å². The molecule has 0 aliphatic rings. The first-order chi connectivity index (χ1) is 13.0. The second-order valence-corrected chi connectivity index (χ2v) is 6.92. The van der Waals surface area contributed by atoms with E-state index in [4.69, 9.17) is 0 Å². The van der Waals surface area contributed by atoms with E-state index in [2.05, 4.69) is 15.0 Å². The van der Waals surface area contributed by atoms with Gasteiger partial charge in [-0.25, -0.2) is 14.2 Å². The van der Waals surface area contributed by atoms with E-state index in [9.17, 15) is 14.0 Å². The van der Waals surface area contributed by atoms with Gasteiger partial charge in [-0.1, -0.05) is 6.07 Å². The molecule has 27 heavy (non-hydrogen) atoms. The monoisotopic (exact) mass is 384 g/mol. The van der Waals surface area contributed by atoms with E-state index < -0.39 is 5.97 Å². The molecule has 1 heterocycles. The standard InChI is InChI=1S/C20H17FN2O3S/c1-12-17(27-19(22-12)13-6-8-15(21)9-7-13)11-18(24)23-16-5-3-4-14(10-16)20(25)26-2/h3-10H,11H2,1-2H3,(H,23,24). The lowest BCUT2D eigenvalue weighted by atomic mass is 10.2. The van der Waals surface area contributed by atoms with E-state index in [0.717, 1.165) is 21.1 Å². The Kier molecular flexibility index (Phi) is 5.61. The molecular formula is C20H17FN2O3S. The van der Waals surface area contributed by atoms with Crippen LogP contribution in [-0.4, -0.2) is 24.0 Å². The molecule has 0 aliphatic heterocycles. The minimum absolute atomic E-state index is 0.160. The minimum Gasteiger partial charge on any atom is -0.465 e. The van der Waals surface area contributed by atoms with Crippen LogP contribution < -0.4 is 5.32 Å². The number of amides is 1. The highest BCUT2D eigenvalue weighted by molar-refractivity contribution is 7.15. The van der Waals surface area contributed by atoms with Gasteiger partial charge in [0.05, 0.1) is 24.8 Å². The number of ether oxygens (including phenoxy) is 1. The highest BCUT2D eigenvalue weighted by Gasteiger charge is 2.14. The van der Waals surface area contributed by atoms with Crippen molar-refractivity contribution in [3.63, 3.8) is 0 Å².